The van der Waals surface area contributed by atoms with E-state index in [2.05, 4.69) is 21.3 Å². The zero-order valence-electron chi connectivity index (χ0n) is 9.07. The Morgan fingerprint density at radius 2 is 2.17 bits per heavy atom. The quantitative estimate of drug-likeness (QED) is 0.716. The lowest BCUT2D eigenvalue weighted by atomic mass is 10.1. The summed E-state index contributed by atoms with van der Waals surface area (Å²) in [5, 5.41) is 18.5. The SMILES string of the molecule is N#Cc1cc(Sc2nncs2)nc2ccccc12. The summed E-state index contributed by atoms with van der Waals surface area (Å²) in [6.45, 7) is 0. The molecule has 0 aliphatic heterocycles. The van der Waals surface area contributed by atoms with Crippen LogP contribution in [0.25, 0.3) is 10.9 Å². The van der Waals surface area contributed by atoms with Crippen LogP contribution in [0.15, 0.2) is 45.2 Å². The zero-order valence-corrected chi connectivity index (χ0v) is 10.7. The summed E-state index contributed by atoms with van der Waals surface area (Å²) in [6.07, 6.45) is 0. The maximum absolute atomic E-state index is 9.17. The van der Waals surface area contributed by atoms with Crippen molar-refractivity contribution in [2.45, 2.75) is 9.37 Å². The van der Waals surface area contributed by atoms with Crippen LogP contribution in [-0.4, -0.2) is 15.2 Å². The molecule has 2 aromatic heterocycles. The van der Waals surface area contributed by atoms with E-state index in [-0.39, 0.29) is 0 Å². The van der Waals surface area contributed by atoms with Crippen LogP contribution in [0, 0.1) is 11.3 Å². The monoisotopic (exact) mass is 270 g/mol. The number of nitrogens with zero attached hydrogens (tertiary/aromatic N) is 4. The number of hydrogen-bond acceptors (Lipinski definition) is 6. The molecule has 86 valence electrons. The first-order chi connectivity index (χ1) is 8.86. The van der Waals surface area contributed by atoms with Crippen LogP contribution in [-0.2, 0) is 0 Å². The van der Waals surface area contributed by atoms with Gasteiger partial charge in [-0.1, -0.05) is 29.5 Å². The highest BCUT2D eigenvalue weighted by Crippen LogP contribution is 2.29. The van der Waals surface area contributed by atoms with Crippen molar-refractivity contribution in [1.82, 2.24) is 15.2 Å². The van der Waals surface area contributed by atoms with E-state index >= 15 is 0 Å². The second-order valence-corrected chi connectivity index (χ2v) is 5.54. The Morgan fingerprint density at radius 3 is 2.94 bits per heavy atom. The van der Waals surface area contributed by atoms with Gasteiger partial charge in [0.05, 0.1) is 17.1 Å². The minimum absolute atomic E-state index is 0.632. The Labute approximate surface area is 111 Å². The molecule has 0 saturated carbocycles. The molecular formula is C12H6N4S2. The van der Waals surface area contributed by atoms with E-state index in [1.165, 1.54) is 23.1 Å². The molecule has 0 radical (unpaired) electrons. The number of fused-ring (bicyclic) bond motifs is 1. The minimum atomic E-state index is 0.632. The number of benzene rings is 1. The third kappa shape index (κ3) is 2.06. The van der Waals surface area contributed by atoms with E-state index in [1.807, 2.05) is 24.3 Å². The molecule has 4 nitrogen and oxygen atoms in total. The average molecular weight is 270 g/mol. The fourth-order valence-electron chi connectivity index (χ4n) is 1.59. The number of hydrogen-bond donors (Lipinski definition) is 0. The molecule has 0 aliphatic carbocycles. The van der Waals surface area contributed by atoms with E-state index in [0.717, 1.165) is 20.3 Å². The van der Waals surface area contributed by atoms with E-state index in [0.29, 0.717) is 5.56 Å². The van der Waals surface area contributed by atoms with Crippen molar-refractivity contribution in [1.29, 1.82) is 5.26 Å². The van der Waals surface area contributed by atoms with Gasteiger partial charge in [0.2, 0.25) is 0 Å². The molecule has 0 saturated heterocycles. The third-order valence-electron chi connectivity index (χ3n) is 2.35. The summed E-state index contributed by atoms with van der Waals surface area (Å²) in [5.41, 5.74) is 3.13. The first kappa shape index (κ1) is 11.1. The summed E-state index contributed by atoms with van der Waals surface area (Å²) < 4.78 is 0.821. The third-order valence-corrected chi connectivity index (χ3v) is 4.04. The molecule has 6 heteroatoms. The average Bonchev–Trinajstić information content (AvgIpc) is 2.90. The highest BCUT2D eigenvalue weighted by atomic mass is 32.2. The Morgan fingerprint density at radius 1 is 1.28 bits per heavy atom. The summed E-state index contributed by atoms with van der Waals surface area (Å²) in [5.74, 6) is 0. The Bertz CT molecular complexity index is 731. The second kappa shape index (κ2) is 4.72. The van der Waals surface area contributed by atoms with Crippen molar-refractivity contribution < 1.29 is 0 Å². The Hall–Kier alpha value is -1.97. The van der Waals surface area contributed by atoms with E-state index < -0.39 is 0 Å². The molecule has 0 amide bonds. The molecule has 18 heavy (non-hydrogen) atoms. The van der Waals surface area contributed by atoms with Crippen molar-refractivity contribution in [3.63, 3.8) is 0 Å². The number of pyridine rings is 1. The zero-order chi connectivity index (χ0) is 12.4. The normalized spacial score (nSPS) is 10.4. The molecule has 0 bridgehead atoms. The van der Waals surface area contributed by atoms with Gasteiger partial charge in [0.1, 0.15) is 10.5 Å². The van der Waals surface area contributed by atoms with Gasteiger partial charge < -0.3 is 0 Å². The van der Waals surface area contributed by atoms with Crippen LogP contribution in [0.1, 0.15) is 5.56 Å². The van der Waals surface area contributed by atoms with Crippen LogP contribution >= 0.6 is 23.1 Å². The molecular weight excluding hydrogens is 264 g/mol. The Kier molecular flexibility index (Phi) is 2.92. The standard InChI is InChI=1S/C12H6N4S2/c13-6-8-5-11(18-12-16-14-7-17-12)15-10-4-2-1-3-9(8)10/h1-5,7H. The van der Waals surface area contributed by atoms with Gasteiger partial charge >= 0.3 is 0 Å². The minimum Gasteiger partial charge on any atom is -0.241 e. The molecule has 0 fully saturated rings. The van der Waals surface area contributed by atoms with Gasteiger partial charge in [-0.2, -0.15) is 5.26 Å². The van der Waals surface area contributed by atoms with Crippen LogP contribution < -0.4 is 0 Å². The predicted octanol–water partition coefficient (Wildman–Crippen LogP) is 3.11. The fraction of sp³-hybridized carbons (Fsp3) is 0. The fourth-order valence-corrected chi connectivity index (χ4v) is 3.04. The summed E-state index contributed by atoms with van der Waals surface area (Å²) in [4.78, 5) is 4.51. The number of nitriles is 1. The van der Waals surface area contributed by atoms with Gasteiger partial charge in [-0.05, 0) is 23.9 Å². The summed E-state index contributed by atoms with van der Waals surface area (Å²) in [7, 11) is 0. The van der Waals surface area contributed by atoms with Crippen LogP contribution in [0.3, 0.4) is 0 Å². The molecule has 3 aromatic rings. The second-order valence-electron chi connectivity index (χ2n) is 3.44. The lowest BCUT2D eigenvalue weighted by Crippen LogP contribution is -1.87. The molecule has 0 spiro atoms. The molecule has 1 aromatic carbocycles. The van der Waals surface area contributed by atoms with Gasteiger partial charge in [0.25, 0.3) is 0 Å². The number of para-hydroxylation sites is 1. The van der Waals surface area contributed by atoms with Crippen molar-refractivity contribution >= 4 is 34.0 Å². The van der Waals surface area contributed by atoms with Gasteiger partial charge in [-0.25, -0.2) is 4.98 Å². The summed E-state index contributed by atoms with van der Waals surface area (Å²) in [6, 6.07) is 11.6. The molecule has 0 aliphatic rings. The maximum Gasteiger partial charge on any atom is 0.180 e. The van der Waals surface area contributed by atoms with Crippen molar-refractivity contribution in [3.05, 3.63) is 41.4 Å². The predicted molar refractivity (Wildman–Crippen MR) is 70.5 cm³/mol. The van der Waals surface area contributed by atoms with Gasteiger partial charge in [-0.15, -0.1) is 10.2 Å². The summed E-state index contributed by atoms with van der Waals surface area (Å²) >= 11 is 2.88. The van der Waals surface area contributed by atoms with Crippen LogP contribution in [0.2, 0.25) is 0 Å². The lowest BCUT2D eigenvalue weighted by molar-refractivity contribution is 1.01. The van der Waals surface area contributed by atoms with Gasteiger partial charge in [0.15, 0.2) is 4.34 Å². The molecule has 3 rings (SSSR count). The van der Waals surface area contributed by atoms with Crippen LogP contribution in [0.5, 0.6) is 0 Å². The van der Waals surface area contributed by atoms with Crippen LogP contribution in [0.4, 0.5) is 0 Å². The highest BCUT2D eigenvalue weighted by Gasteiger charge is 2.07. The van der Waals surface area contributed by atoms with E-state index in [1.54, 1.807) is 11.6 Å². The number of rotatable bonds is 2. The largest absolute Gasteiger partial charge is 0.241 e. The first-order valence-electron chi connectivity index (χ1n) is 5.11. The molecule has 0 unspecified atom stereocenters. The maximum atomic E-state index is 9.17. The number of aromatic nitrogens is 3. The first-order valence-corrected chi connectivity index (χ1v) is 6.80. The van der Waals surface area contributed by atoms with E-state index in [9.17, 15) is 5.26 Å². The molecule has 2 heterocycles. The Balaban J connectivity index is 2.11. The van der Waals surface area contributed by atoms with E-state index in [4.69, 9.17) is 0 Å². The molecule has 0 atom stereocenters. The van der Waals surface area contributed by atoms with Crippen molar-refractivity contribution in [2.24, 2.45) is 0 Å². The topological polar surface area (TPSA) is 62.5 Å². The van der Waals surface area contributed by atoms with Gasteiger partial charge in [0, 0.05) is 5.39 Å². The lowest BCUT2D eigenvalue weighted by Gasteiger charge is -2.02. The highest BCUT2D eigenvalue weighted by molar-refractivity contribution is 8.00. The van der Waals surface area contributed by atoms with Crippen molar-refractivity contribution in [2.75, 3.05) is 0 Å². The molecule has 0 N–H and O–H groups in total. The van der Waals surface area contributed by atoms with Crippen molar-refractivity contribution in [3.8, 4) is 6.07 Å². The smallest absolute Gasteiger partial charge is 0.180 e. The van der Waals surface area contributed by atoms with Gasteiger partial charge in [-0.3, -0.25) is 0 Å².